The zero-order valence-corrected chi connectivity index (χ0v) is 24.9. The van der Waals surface area contributed by atoms with Crippen LogP contribution in [0.2, 0.25) is 0 Å². The van der Waals surface area contributed by atoms with Gasteiger partial charge in [0.1, 0.15) is 0 Å². The molecule has 0 bridgehead atoms. The van der Waals surface area contributed by atoms with Gasteiger partial charge >= 0.3 is 0 Å². The number of nitrogens with zero attached hydrogens (tertiary/aromatic N) is 1. The summed E-state index contributed by atoms with van der Waals surface area (Å²) in [5, 5.41) is 12.8. The molecule has 0 radical (unpaired) electrons. The van der Waals surface area contributed by atoms with E-state index in [-0.39, 0.29) is 0 Å². The third-order valence-electron chi connectivity index (χ3n) is 9.11. The zero-order valence-electron chi connectivity index (χ0n) is 24.9. The summed E-state index contributed by atoms with van der Waals surface area (Å²) in [6, 6.07) is 48.4. The van der Waals surface area contributed by atoms with Crippen LogP contribution in [-0.4, -0.2) is 0 Å². The predicted molar refractivity (Wildman–Crippen MR) is 190 cm³/mol. The van der Waals surface area contributed by atoms with E-state index in [1.165, 1.54) is 76.1 Å². The van der Waals surface area contributed by atoms with E-state index in [4.69, 9.17) is 6.57 Å². The van der Waals surface area contributed by atoms with Gasteiger partial charge in [0.15, 0.2) is 5.69 Å². The van der Waals surface area contributed by atoms with Crippen LogP contribution in [0.5, 0.6) is 0 Å². The molecular weight excluding hydrogens is 530 g/mol. The summed E-state index contributed by atoms with van der Waals surface area (Å²) < 4.78 is 0. The second-order valence-corrected chi connectivity index (χ2v) is 12.2. The minimum Gasteiger partial charge on any atom is -0.238 e. The van der Waals surface area contributed by atoms with Gasteiger partial charge in [0.2, 0.25) is 0 Å². The van der Waals surface area contributed by atoms with E-state index in [2.05, 4.69) is 140 Å². The Morgan fingerprint density at radius 1 is 0.500 bits per heavy atom. The van der Waals surface area contributed by atoms with Crippen LogP contribution in [0.25, 0.3) is 81.0 Å². The Balaban J connectivity index is 1.48. The number of benzene rings is 8. The van der Waals surface area contributed by atoms with Gasteiger partial charge in [0, 0.05) is 0 Å². The highest BCUT2D eigenvalue weighted by molar-refractivity contribution is 6.25. The lowest BCUT2D eigenvalue weighted by Crippen LogP contribution is -1.97. The quantitative estimate of drug-likeness (QED) is 0.114. The Hall–Kier alpha value is -5.45. The molecule has 8 aromatic carbocycles. The Bertz CT molecular complexity index is 2380. The second-order valence-electron chi connectivity index (χ2n) is 12.2. The second kappa shape index (κ2) is 10.4. The van der Waals surface area contributed by atoms with Crippen molar-refractivity contribution in [3.05, 3.63) is 150 Å². The summed E-state index contributed by atoms with van der Waals surface area (Å²) in [6.45, 7) is 12.0. The standard InChI is InChI=1S/C43H31N/c1-27(2)25-40-31-12-5-4-11-29(31)26-41-32-17-10-18-35(33(32)23-24-34(40)41)43-38-15-8-6-13-36(38)42(37-14-7-9-16-39(37)43)28-19-21-30(44-3)22-20-28/h4-24,26-27H,25H2,1-2H3. The van der Waals surface area contributed by atoms with Gasteiger partial charge in [0.25, 0.3) is 0 Å². The van der Waals surface area contributed by atoms with Crippen LogP contribution in [0, 0.1) is 12.5 Å². The first kappa shape index (κ1) is 26.2. The molecule has 44 heavy (non-hydrogen) atoms. The van der Waals surface area contributed by atoms with E-state index in [1.54, 1.807) is 0 Å². The minimum atomic E-state index is 0.569. The van der Waals surface area contributed by atoms with Crippen molar-refractivity contribution < 1.29 is 0 Å². The fourth-order valence-electron chi connectivity index (χ4n) is 7.28. The summed E-state index contributed by atoms with van der Waals surface area (Å²) >= 11 is 0. The van der Waals surface area contributed by atoms with E-state index >= 15 is 0 Å². The maximum atomic E-state index is 7.43. The first-order valence-corrected chi connectivity index (χ1v) is 15.4. The van der Waals surface area contributed by atoms with Crippen molar-refractivity contribution in [2.75, 3.05) is 0 Å². The molecule has 0 aliphatic carbocycles. The smallest absolute Gasteiger partial charge is 0.187 e. The van der Waals surface area contributed by atoms with Gasteiger partial charge in [-0.25, -0.2) is 4.85 Å². The highest BCUT2D eigenvalue weighted by Crippen LogP contribution is 2.46. The van der Waals surface area contributed by atoms with Crippen LogP contribution in [0.3, 0.4) is 0 Å². The molecule has 0 aliphatic heterocycles. The van der Waals surface area contributed by atoms with E-state index in [0.717, 1.165) is 12.0 Å². The molecule has 0 atom stereocenters. The van der Waals surface area contributed by atoms with Gasteiger partial charge in [0.05, 0.1) is 6.57 Å². The number of hydrogen-bond acceptors (Lipinski definition) is 0. The Kier molecular flexibility index (Phi) is 6.17. The summed E-state index contributed by atoms with van der Waals surface area (Å²) in [6.07, 6.45) is 1.05. The zero-order chi connectivity index (χ0) is 29.8. The monoisotopic (exact) mass is 561 g/mol. The van der Waals surface area contributed by atoms with Crippen LogP contribution >= 0.6 is 0 Å². The third kappa shape index (κ3) is 4.07. The average molecular weight is 562 g/mol. The topological polar surface area (TPSA) is 4.36 Å². The lowest BCUT2D eigenvalue weighted by Gasteiger charge is -2.20. The summed E-state index contributed by atoms with van der Waals surface area (Å²) in [7, 11) is 0. The molecule has 8 aromatic rings. The summed E-state index contributed by atoms with van der Waals surface area (Å²) in [5.41, 5.74) is 6.98. The Morgan fingerprint density at radius 3 is 1.70 bits per heavy atom. The largest absolute Gasteiger partial charge is 0.238 e. The highest BCUT2D eigenvalue weighted by atomic mass is 14.6. The summed E-state index contributed by atoms with van der Waals surface area (Å²) in [5.74, 6) is 0.569. The predicted octanol–water partition coefficient (Wildman–Crippen LogP) is 12.5. The van der Waals surface area contributed by atoms with Crippen molar-refractivity contribution in [2.24, 2.45) is 5.92 Å². The van der Waals surface area contributed by atoms with Crippen molar-refractivity contribution in [1.82, 2.24) is 0 Å². The van der Waals surface area contributed by atoms with Crippen LogP contribution < -0.4 is 0 Å². The lowest BCUT2D eigenvalue weighted by molar-refractivity contribution is 0.653. The molecule has 0 aromatic heterocycles. The number of fused-ring (bicyclic) bond motifs is 6. The molecule has 1 nitrogen and oxygen atoms in total. The maximum Gasteiger partial charge on any atom is 0.187 e. The fraction of sp³-hybridized carbons (Fsp3) is 0.0930. The van der Waals surface area contributed by atoms with E-state index < -0.39 is 0 Å². The van der Waals surface area contributed by atoms with Crippen molar-refractivity contribution >= 4 is 59.5 Å². The van der Waals surface area contributed by atoms with Crippen LogP contribution in [0.4, 0.5) is 5.69 Å². The van der Waals surface area contributed by atoms with Gasteiger partial charge < -0.3 is 0 Å². The van der Waals surface area contributed by atoms with E-state index in [9.17, 15) is 0 Å². The molecule has 0 spiro atoms. The highest BCUT2D eigenvalue weighted by Gasteiger charge is 2.19. The van der Waals surface area contributed by atoms with Crippen molar-refractivity contribution in [1.29, 1.82) is 0 Å². The van der Waals surface area contributed by atoms with Gasteiger partial charge in [-0.2, -0.15) is 0 Å². The SMILES string of the molecule is [C-]#[N+]c1ccc(-c2c3ccccc3c(-c3cccc4c3ccc3c(CC(C)C)c5ccccc5cc34)c3ccccc23)cc1. The number of rotatable bonds is 4. The van der Waals surface area contributed by atoms with Crippen molar-refractivity contribution in [2.45, 2.75) is 20.3 Å². The summed E-state index contributed by atoms with van der Waals surface area (Å²) in [4.78, 5) is 3.62. The molecular formula is C43H31N. The average Bonchev–Trinajstić information content (AvgIpc) is 3.06. The molecule has 1 heteroatoms. The fourth-order valence-corrected chi connectivity index (χ4v) is 7.28. The third-order valence-corrected chi connectivity index (χ3v) is 9.11. The first-order chi connectivity index (χ1) is 21.6. The maximum absolute atomic E-state index is 7.43. The molecule has 8 rings (SSSR count). The molecule has 0 heterocycles. The number of hydrogen-bond donors (Lipinski definition) is 0. The molecule has 0 aliphatic rings. The first-order valence-electron chi connectivity index (χ1n) is 15.4. The Morgan fingerprint density at radius 2 is 1.07 bits per heavy atom. The molecule has 0 N–H and O–H groups in total. The molecule has 0 saturated heterocycles. The molecule has 0 fully saturated rings. The Labute approximate surface area is 257 Å². The van der Waals surface area contributed by atoms with E-state index in [0.29, 0.717) is 11.6 Å². The van der Waals surface area contributed by atoms with Crippen LogP contribution in [-0.2, 0) is 6.42 Å². The molecule has 208 valence electrons. The van der Waals surface area contributed by atoms with Crippen molar-refractivity contribution in [3.8, 4) is 22.3 Å². The van der Waals surface area contributed by atoms with Gasteiger partial charge in [-0.05, 0) is 100 Å². The van der Waals surface area contributed by atoms with Crippen molar-refractivity contribution in [3.63, 3.8) is 0 Å². The van der Waals surface area contributed by atoms with Gasteiger partial charge in [-0.15, -0.1) is 0 Å². The van der Waals surface area contributed by atoms with Gasteiger partial charge in [-0.3, -0.25) is 0 Å². The molecule has 0 saturated carbocycles. The normalized spacial score (nSPS) is 11.7. The van der Waals surface area contributed by atoms with Gasteiger partial charge in [-0.1, -0.05) is 141 Å². The van der Waals surface area contributed by atoms with Crippen LogP contribution in [0.1, 0.15) is 19.4 Å². The van der Waals surface area contributed by atoms with Crippen LogP contribution in [0.15, 0.2) is 133 Å². The lowest BCUT2D eigenvalue weighted by atomic mass is 9.83. The van der Waals surface area contributed by atoms with E-state index in [1.807, 2.05) is 12.1 Å². The minimum absolute atomic E-state index is 0.569. The molecule has 0 amide bonds. The molecule has 0 unspecified atom stereocenters.